The van der Waals surface area contributed by atoms with Crippen LogP contribution in [-0.4, -0.2) is 134 Å². The fourth-order valence-electron chi connectivity index (χ4n) is 7.52. The maximum absolute atomic E-state index is 14.2. The summed E-state index contributed by atoms with van der Waals surface area (Å²) in [6.07, 6.45) is 3.44. The van der Waals surface area contributed by atoms with Crippen LogP contribution >= 0.6 is 0 Å². The first kappa shape index (κ1) is 46.2. The SMILES string of the molecule is C=C/C=C(\C)[C@H](O)[C@@H](C)NC(=O)[C@H](C)[C@@H](OC)[C@@H]1CCCN1C(=O)C[C@@H](OC)[C@H](C(C)CC)N(C)C(=O)[C@@H](NC(=O)[C@H](C(C)C)N(C)C)C(C)C. The Hall–Kier alpha value is -2.80. The van der Waals surface area contributed by atoms with Gasteiger partial charge in [0.2, 0.25) is 23.6 Å². The maximum Gasteiger partial charge on any atom is 0.245 e. The van der Waals surface area contributed by atoms with E-state index < -0.39 is 48.4 Å². The lowest BCUT2D eigenvalue weighted by Gasteiger charge is -2.41. The molecule has 0 radical (unpaired) electrons. The van der Waals surface area contributed by atoms with Gasteiger partial charge in [-0.25, -0.2) is 0 Å². The van der Waals surface area contributed by atoms with Gasteiger partial charge in [-0.1, -0.05) is 73.6 Å². The van der Waals surface area contributed by atoms with Crippen LogP contribution in [0.2, 0.25) is 0 Å². The average molecular weight is 722 g/mol. The smallest absolute Gasteiger partial charge is 0.245 e. The Morgan fingerprint density at radius 2 is 1.57 bits per heavy atom. The molecule has 0 bridgehead atoms. The number of nitrogens with zero attached hydrogens (tertiary/aromatic N) is 3. The first-order chi connectivity index (χ1) is 23.8. The van der Waals surface area contributed by atoms with Crippen molar-refractivity contribution in [2.75, 3.05) is 41.9 Å². The molecule has 1 aliphatic heterocycles. The predicted octanol–water partition coefficient (Wildman–Crippen LogP) is 3.63. The zero-order valence-electron chi connectivity index (χ0n) is 34.1. The molecule has 0 spiro atoms. The zero-order chi connectivity index (χ0) is 39.3. The average Bonchev–Trinajstić information content (AvgIpc) is 3.55. The first-order valence-corrected chi connectivity index (χ1v) is 18.7. The minimum absolute atomic E-state index is 0.0162. The fraction of sp³-hybridized carbons (Fsp3) is 0.795. The van der Waals surface area contributed by atoms with E-state index in [1.54, 1.807) is 64.0 Å². The third-order valence-corrected chi connectivity index (χ3v) is 10.6. The van der Waals surface area contributed by atoms with Crippen molar-refractivity contribution in [1.29, 1.82) is 0 Å². The summed E-state index contributed by atoms with van der Waals surface area (Å²) in [5, 5.41) is 16.6. The summed E-state index contributed by atoms with van der Waals surface area (Å²) in [6, 6.07) is -2.47. The highest BCUT2D eigenvalue weighted by Crippen LogP contribution is 2.30. The van der Waals surface area contributed by atoms with Crippen LogP contribution in [0.4, 0.5) is 0 Å². The summed E-state index contributed by atoms with van der Waals surface area (Å²) < 4.78 is 11.9. The number of ether oxygens (including phenoxy) is 2. The largest absolute Gasteiger partial charge is 0.387 e. The number of methoxy groups -OCH3 is 2. The number of aliphatic hydroxyl groups is 1. The molecule has 1 aliphatic rings. The van der Waals surface area contributed by atoms with E-state index in [9.17, 15) is 24.3 Å². The second kappa shape index (κ2) is 21.7. The molecule has 0 aromatic rings. The molecule has 294 valence electrons. The molecule has 12 heteroatoms. The van der Waals surface area contributed by atoms with Gasteiger partial charge < -0.3 is 35.0 Å². The van der Waals surface area contributed by atoms with Gasteiger partial charge in [0.1, 0.15) is 6.04 Å². The van der Waals surface area contributed by atoms with E-state index in [1.165, 1.54) is 0 Å². The van der Waals surface area contributed by atoms with Crippen LogP contribution in [0.25, 0.3) is 0 Å². The molecule has 0 saturated carbocycles. The van der Waals surface area contributed by atoms with Crippen LogP contribution in [0.1, 0.15) is 88.0 Å². The van der Waals surface area contributed by atoms with E-state index in [0.29, 0.717) is 18.5 Å². The predicted molar refractivity (Wildman–Crippen MR) is 203 cm³/mol. The number of carbonyl (C=O) groups excluding carboxylic acids is 4. The Labute approximate surface area is 308 Å². The highest BCUT2D eigenvalue weighted by atomic mass is 16.5. The van der Waals surface area contributed by atoms with Crippen LogP contribution in [-0.2, 0) is 28.7 Å². The third-order valence-electron chi connectivity index (χ3n) is 10.6. The number of hydrogen-bond donors (Lipinski definition) is 3. The van der Waals surface area contributed by atoms with E-state index in [4.69, 9.17) is 9.47 Å². The summed E-state index contributed by atoms with van der Waals surface area (Å²) in [4.78, 5) is 60.4. The van der Waals surface area contributed by atoms with Gasteiger partial charge in [-0.2, -0.15) is 0 Å². The fourth-order valence-corrected chi connectivity index (χ4v) is 7.52. The number of hydrogen-bond acceptors (Lipinski definition) is 8. The second-order valence-electron chi connectivity index (χ2n) is 15.4. The lowest BCUT2D eigenvalue weighted by atomic mass is 9.89. The monoisotopic (exact) mass is 722 g/mol. The van der Waals surface area contributed by atoms with E-state index in [0.717, 1.165) is 12.8 Å². The molecule has 0 aliphatic carbocycles. The van der Waals surface area contributed by atoms with Crippen molar-refractivity contribution < 1.29 is 33.8 Å². The number of carbonyl (C=O) groups is 4. The van der Waals surface area contributed by atoms with Gasteiger partial charge in [-0.3, -0.25) is 24.1 Å². The summed E-state index contributed by atoms with van der Waals surface area (Å²) in [5.74, 6) is -1.59. The first-order valence-electron chi connectivity index (χ1n) is 18.7. The minimum Gasteiger partial charge on any atom is -0.387 e. The molecule has 0 aromatic carbocycles. The molecule has 1 unspecified atom stereocenters. The molecule has 1 fully saturated rings. The van der Waals surface area contributed by atoms with Crippen LogP contribution < -0.4 is 10.6 Å². The van der Waals surface area contributed by atoms with Gasteiger partial charge in [0.15, 0.2) is 0 Å². The van der Waals surface area contributed by atoms with Crippen molar-refractivity contribution in [3.63, 3.8) is 0 Å². The van der Waals surface area contributed by atoms with Gasteiger partial charge in [0.05, 0.1) is 54.8 Å². The number of aliphatic hydroxyl groups excluding tert-OH is 1. The summed E-state index contributed by atoms with van der Waals surface area (Å²) in [6.45, 7) is 21.4. The number of likely N-dealkylation sites (N-methyl/N-ethyl adjacent to an activating group) is 2. The topological polar surface area (TPSA) is 141 Å². The van der Waals surface area contributed by atoms with Gasteiger partial charge in [-0.15, -0.1) is 0 Å². The summed E-state index contributed by atoms with van der Waals surface area (Å²) in [5.41, 5.74) is 0.686. The van der Waals surface area contributed by atoms with Gasteiger partial charge in [0.25, 0.3) is 0 Å². The number of likely N-dealkylation sites (tertiary alicyclic amines) is 1. The van der Waals surface area contributed by atoms with Gasteiger partial charge in [0, 0.05) is 27.8 Å². The van der Waals surface area contributed by atoms with Crippen molar-refractivity contribution in [2.45, 2.75) is 137 Å². The highest BCUT2D eigenvalue weighted by Gasteiger charge is 2.43. The molecule has 3 N–H and O–H groups in total. The molecule has 1 rings (SSSR count). The van der Waals surface area contributed by atoms with E-state index >= 15 is 0 Å². The Balaban J connectivity index is 3.26. The number of nitrogens with one attached hydrogen (secondary N) is 2. The Morgan fingerprint density at radius 1 is 0.961 bits per heavy atom. The van der Waals surface area contributed by atoms with Crippen molar-refractivity contribution in [1.82, 2.24) is 25.3 Å². The molecule has 4 amide bonds. The minimum atomic E-state index is -0.874. The number of rotatable bonds is 21. The molecule has 1 heterocycles. The van der Waals surface area contributed by atoms with E-state index in [-0.39, 0.29) is 53.8 Å². The lowest BCUT2D eigenvalue weighted by molar-refractivity contribution is -0.148. The van der Waals surface area contributed by atoms with E-state index in [2.05, 4.69) is 17.2 Å². The molecule has 12 nitrogen and oxygen atoms in total. The van der Waals surface area contributed by atoms with Gasteiger partial charge >= 0.3 is 0 Å². The highest BCUT2D eigenvalue weighted by molar-refractivity contribution is 5.90. The number of allylic oxidation sites excluding steroid dienone is 2. The van der Waals surface area contributed by atoms with Crippen molar-refractivity contribution in [2.24, 2.45) is 23.7 Å². The van der Waals surface area contributed by atoms with Crippen molar-refractivity contribution >= 4 is 23.6 Å². The third kappa shape index (κ3) is 12.4. The maximum atomic E-state index is 14.2. The quantitative estimate of drug-likeness (QED) is 0.153. The zero-order valence-corrected chi connectivity index (χ0v) is 34.1. The van der Waals surface area contributed by atoms with Gasteiger partial charge in [-0.05, 0) is 64.1 Å². The van der Waals surface area contributed by atoms with Crippen LogP contribution in [0, 0.1) is 23.7 Å². The standard InChI is InChI=1S/C39H71N5O7/c1-16-19-26(8)35(46)28(10)40-37(47)27(9)36(51-15)29-20-18-21-44(29)31(45)22-30(50-14)34(25(7)17-2)43(13)39(49)32(23(3)4)41-38(48)33(24(5)6)42(11)12/h16,19,23-25,27-30,32-36,46H,1,17-18,20-22H2,2-15H3,(H,40,47)(H,41,48)/b26-19+/t25?,27-,28-,29+,30-,32+,33+,34+,35+,36-/m1/s1. The lowest BCUT2D eigenvalue weighted by Crippen LogP contribution is -2.59. The second-order valence-corrected chi connectivity index (χ2v) is 15.4. The van der Waals surface area contributed by atoms with Crippen molar-refractivity contribution in [3.05, 3.63) is 24.3 Å². The molecule has 10 atom stereocenters. The summed E-state index contributed by atoms with van der Waals surface area (Å²) in [7, 11) is 8.55. The Morgan fingerprint density at radius 3 is 2.04 bits per heavy atom. The summed E-state index contributed by atoms with van der Waals surface area (Å²) >= 11 is 0. The van der Waals surface area contributed by atoms with Crippen LogP contribution in [0.3, 0.4) is 0 Å². The van der Waals surface area contributed by atoms with Crippen molar-refractivity contribution in [3.8, 4) is 0 Å². The molecular weight excluding hydrogens is 650 g/mol. The molecular formula is C39H71N5O7. The number of amides is 4. The molecule has 0 aromatic heterocycles. The molecule has 51 heavy (non-hydrogen) atoms. The molecule has 1 saturated heterocycles. The Kier molecular flexibility index (Phi) is 19.6. The van der Waals surface area contributed by atoms with Crippen LogP contribution in [0.15, 0.2) is 24.3 Å². The van der Waals surface area contributed by atoms with E-state index in [1.807, 2.05) is 60.5 Å². The van der Waals surface area contributed by atoms with Crippen LogP contribution in [0.5, 0.6) is 0 Å². The normalized spacial score (nSPS) is 20.6. The Bertz CT molecular complexity index is 1170.